The molecule has 0 heterocycles. The van der Waals surface area contributed by atoms with Crippen LogP contribution in [-0.4, -0.2) is 78.4 Å². The van der Waals surface area contributed by atoms with E-state index in [0.717, 1.165) is 5.56 Å². The van der Waals surface area contributed by atoms with E-state index in [2.05, 4.69) is 21.3 Å². The molecule has 0 aliphatic rings. The van der Waals surface area contributed by atoms with Crippen molar-refractivity contribution in [2.75, 3.05) is 13.6 Å². The predicted octanol–water partition coefficient (Wildman–Crippen LogP) is -0.530. The van der Waals surface area contributed by atoms with E-state index in [0.29, 0.717) is 24.1 Å². The second kappa shape index (κ2) is 19.0. The van der Waals surface area contributed by atoms with Crippen LogP contribution >= 0.6 is 0 Å². The van der Waals surface area contributed by atoms with E-state index in [1.54, 1.807) is 48.5 Å². The molecule has 1 unspecified atom stereocenters. The summed E-state index contributed by atoms with van der Waals surface area (Å²) in [5.41, 5.74) is 18.2. The summed E-state index contributed by atoms with van der Waals surface area (Å²) in [4.78, 5) is 60.3. The number of rotatable bonds is 15. The van der Waals surface area contributed by atoms with Gasteiger partial charge in [0.1, 0.15) is 23.8 Å². The van der Waals surface area contributed by atoms with E-state index < -0.39 is 53.8 Å². The molecule has 18 heteroatoms. The largest absolute Gasteiger partial charge is 0.490 e. The molecular formula is C29H38F3N9O6. The number of carbonyl (C=O) groups is 5. The Hall–Kier alpha value is -5.68. The Morgan fingerprint density at radius 3 is 1.81 bits per heavy atom. The maximum absolute atomic E-state index is 13.4. The third-order valence-electron chi connectivity index (χ3n) is 6.39. The number of halogens is 3. The molecule has 0 aliphatic carbocycles. The number of carbonyl (C=O) groups excluding carboxylic acids is 4. The van der Waals surface area contributed by atoms with Crippen molar-refractivity contribution in [3.63, 3.8) is 0 Å². The number of aliphatic carboxylic acids is 1. The molecule has 2 rings (SSSR count). The summed E-state index contributed by atoms with van der Waals surface area (Å²) in [6.07, 6.45) is -4.37. The zero-order chi connectivity index (χ0) is 35.7. The van der Waals surface area contributed by atoms with Gasteiger partial charge in [0.25, 0.3) is 0 Å². The second-order valence-electron chi connectivity index (χ2n) is 9.98. The van der Waals surface area contributed by atoms with Gasteiger partial charge >= 0.3 is 12.1 Å². The Bertz CT molecular complexity index is 1410. The number of primary amides is 1. The average molecular weight is 666 g/mol. The Morgan fingerprint density at radius 1 is 0.809 bits per heavy atom. The van der Waals surface area contributed by atoms with Gasteiger partial charge in [-0.3, -0.25) is 30.0 Å². The highest BCUT2D eigenvalue weighted by molar-refractivity contribution is 6.02. The molecule has 47 heavy (non-hydrogen) atoms. The number of guanidine groups is 1. The number of hydrogen-bond acceptors (Lipinski definition) is 7. The number of nitrogen functional groups attached to an aromatic ring is 1. The van der Waals surface area contributed by atoms with Crippen LogP contribution in [0.4, 0.5) is 13.2 Å². The topological polar surface area (TPSA) is 279 Å². The number of amidine groups is 1. The number of carboxylic acids is 1. The lowest BCUT2D eigenvalue weighted by Gasteiger charge is -2.24. The minimum Gasteiger partial charge on any atom is -0.475 e. The molecule has 13 N–H and O–H groups in total. The zero-order valence-corrected chi connectivity index (χ0v) is 25.3. The first-order valence-electron chi connectivity index (χ1n) is 13.9. The maximum atomic E-state index is 13.4. The van der Waals surface area contributed by atoms with E-state index in [1.807, 2.05) is 6.07 Å². The summed E-state index contributed by atoms with van der Waals surface area (Å²) < 4.78 is 31.7. The van der Waals surface area contributed by atoms with E-state index in [4.69, 9.17) is 37.9 Å². The molecule has 256 valence electrons. The van der Waals surface area contributed by atoms with E-state index in [9.17, 15) is 32.3 Å². The van der Waals surface area contributed by atoms with Crippen LogP contribution in [0.3, 0.4) is 0 Å². The van der Waals surface area contributed by atoms with Gasteiger partial charge in [-0.15, -0.1) is 0 Å². The first-order valence-corrected chi connectivity index (χ1v) is 13.9. The second-order valence-corrected chi connectivity index (χ2v) is 9.98. The number of hydrogen-bond donors (Lipinski definition) is 10. The molecule has 3 atom stereocenters. The molecule has 0 aromatic heterocycles. The number of nitrogens with one attached hydrogen (secondary N) is 6. The van der Waals surface area contributed by atoms with Crippen molar-refractivity contribution in [3.05, 3.63) is 71.3 Å². The van der Waals surface area contributed by atoms with Gasteiger partial charge in [0.2, 0.25) is 23.6 Å². The lowest BCUT2D eigenvalue weighted by atomic mass is 9.95. The molecule has 0 saturated heterocycles. The Kier molecular flexibility index (Phi) is 15.9. The molecular weight excluding hydrogens is 627 g/mol. The van der Waals surface area contributed by atoms with E-state index in [1.165, 1.54) is 7.05 Å². The van der Waals surface area contributed by atoms with Gasteiger partial charge in [0.05, 0.1) is 0 Å². The Morgan fingerprint density at radius 2 is 1.34 bits per heavy atom. The van der Waals surface area contributed by atoms with Crippen molar-refractivity contribution < 1.29 is 42.3 Å². The minimum atomic E-state index is -5.08. The van der Waals surface area contributed by atoms with Crippen LogP contribution in [0, 0.1) is 16.7 Å². The van der Waals surface area contributed by atoms with Crippen molar-refractivity contribution in [3.8, 4) is 0 Å². The molecule has 15 nitrogen and oxygen atoms in total. The Labute approximate surface area is 267 Å². The lowest BCUT2D eigenvalue weighted by Crippen LogP contribution is -2.55. The Balaban J connectivity index is 0.00000141. The minimum absolute atomic E-state index is 0.0381. The van der Waals surface area contributed by atoms with Gasteiger partial charge in [-0.25, -0.2) is 4.79 Å². The van der Waals surface area contributed by atoms with Crippen LogP contribution < -0.4 is 38.5 Å². The predicted molar refractivity (Wildman–Crippen MR) is 165 cm³/mol. The molecule has 0 saturated carbocycles. The van der Waals surface area contributed by atoms with Crippen LogP contribution in [-0.2, 0) is 36.8 Å². The lowest BCUT2D eigenvalue weighted by molar-refractivity contribution is -0.192. The molecule has 0 aliphatic heterocycles. The first kappa shape index (κ1) is 39.3. The number of amides is 4. The van der Waals surface area contributed by atoms with Crippen molar-refractivity contribution >= 4 is 41.4 Å². The quantitative estimate of drug-likeness (QED) is 0.0506. The van der Waals surface area contributed by atoms with E-state index in [-0.39, 0.29) is 31.1 Å². The van der Waals surface area contributed by atoms with Gasteiger partial charge < -0.3 is 43.6 Å². The first-order chi connectivity index (χ1) is 22.0. The van der Waals surface area contributed by atoms with Gasteiger partial charge in [-0.05, 0) is 30.4 Å². The van der Waals surface area contributed by atoms with Crippen molar-refractivity contribution in [1.29, 1.82) is 10.8 Å². The normalized spacial score (nSPS) is 12.5. The highest BCUT2D eigenvalue weighted by Gasteiger charge is 2.38. The fourth-order valence-corrected chi connectivity index (χ4v) is 3.95. The number of alkyl halides is 3. The van der Waals surface area contributed by atoms with Crippen molar-refractivity contribution in [2.45, 2.75) is 43.9 Å². The highest BCUT2D eigenvalue weighted by Crippen LogP contribution is 2.14. The van der Waals surface area contributed by atoms with Gasteiger partial charge in [-0.1, -0.05) is 54.6 Å². The molecule has 2 aromatic carbocycles. The van der Waals surface area contributed by atoms with Gasteiger partial charge in [-0.2, -0.15) is 13.2 Å². The maximum Gasteiger partial charge on any atom is 0.490 e. The third kappa shape index (κ3) is 14.8. The van der Waals surface area contributed by atoms with Crippen LogP contribution in [0.5, 0.6) is 0 Å². The fourth-order valence-electron chi connectivity index (χ4n) is 3.95. The molecule has 4 amide bonds. The summed E-state index contributed by atoms with van der Waals surface area (Å²) in [6.45, 7) is 0.306. The molecule has 0 radical (unpaired) electrons. The highest BCUT2D eigenvalue weighted by atomic mass is 19.4. The summed E-state index contributed by atoms with van der Waals surface area (Å²) in [7, 11) is 1.41. The van der Waals surface area contributed by atoms with Crippen LogP contribution in [0.25, 0.3) is 0 Å². The van der Waals surface area contributed by atoms with Crippen LogP contribution in [0.1, 0.15) is 29.5 Å². The smallest absolute Gasteiger partial charge is 0.475 e. The van der Waals surface area contributed by atoms with E-state index >= 15 is 0 Å². The summed E-state index contributed by atoms with van der Waals surface area (Å²) in [6, 6.07) is 13.4. The van der Waals surface area contributed by atoms with Crippen molar-refractivity contribution in [2.24, 2.45) is 23.1 Å². The van der Waals surface area contributed by atoms with Crippen LogP contribution in [0.2, 0.25) is 0 Å². The average Bonchev–Trinajstić information content (AvgIpc) is 3.00. The molecule has 0 fully saturated rings. The summed E-state index contributed by atoms with van der Waals surface area (Å²) in [5.74, 6) is -6.85. The fraction of sp³-hybridized carbons (Fsp3) is 0.345. The zero-order valence-electron chi connectivity index (χ0n) is 25.3. The monoisotopic (exact) mass is 665 g/mol. The van der Waals surface area contributed by atoms with Crippen molar-refractivity contribution in [1.82, 2.24) is 21.3 Å². The standard InChI is InChI=1S/C27H37N9O4.C2HF3O2/c1-33-24(38)19(14-17-9-11-18(12-10-17)22(28)29)25(39)36-21(15-16-6-3-2-4-7-16)26(40)35-20(23(30)37)8-5-13-34-27(31)32;3-2(4,5)1(6)7/h2-4,6-7,9-12,19-21H,5,8,13-15H2,1H3,(H3,28,29)(H2,30,37)(H,33,38)(H,35,40)(H,36,39)(H4,31,32,34);(H,6,7)/t19?,20-,21-;/m0./s1. The molecule has 0 bridgehead atoms. The van der Waals surface area contributed by atoms with Gasteiger partial charge in [0.15, 0.2) is 5.96 Å². The third-order valence-corrected chi connectivity index (χ3v) is 6.39. The molecule has 0 spiro atoms. The number of benzene rings is 2. The summed E-state index contributed by atoms with van der Waals surface area (Å²) in [5, 5.41) is 32.2. The van der Waals surface area contributed by atoms with Gasteiger partial charge in [0, 0.05) is 25.6 Å². The summed E-state index contributed by atoms with van der Waals surface area (Å²) >= 11 is 0. The number of nitrogens with two attached hydrogens (primary N) is 3. The molecule has 2 aromatic rings. The number of carboxylic acid groups (broad SMARTS) is 1. The van der Waals surface area contributed by atoms with Crippen LogP contribution in [0.15, 0.2) is 54.6 Å². The SMILES string of the molecule is CNC(=O)C(Cc1ccc(C(=N)N)cc1)C(=O)N[C@@H](Cc1ccccc1)C(=O)N[C@@H](CCCNC(=N)N)C(N)=O.O=C(O)C(F)(F)F.